The number of hydrogen-bond donors (Lipinski definition) is 0. The molecule has 146 valence electrons. The van der Waals surface area contributed by atoms with Crippen molar-refractivity contribution in [3.05, 3.63) is 77.9 Å². The molecular weight excluding hydrogens is 338 g/mol. The fourth-order valence-corrected chi connectivity index (χ4v) is 3.84. The Morgan fingerprint density at radius 1 is 0.536 bits per heavy atom. The minimum Gasteiger partial charge on any atom is -0.248 e. The van der Waals surface area contributed by atoms with E-state index < -0.39 is 0 Å². The third-order valence-electron chi connectivity index (χ3n) is 5.44. The van der Waals surface area contributed by atoms with Crippen LogP contribution in [-0.2, 0) is 12.8 Å². The first-order valence-electron chi connectivity index (χ1n) is 11.0. The predicted molar refractivity (Wildman–Crippen MR) is 122 cm³/mol. The number of nitrogens with zero attached hydrogens (tertiary/aromatic N) is 1. The van der Waals surface area contributed by atoms with Gasteiger partial charge >= 0.3 is 0 Å². The lowest BCUT2D eigenvalue weighted by molar-refractivity contribution is 0.717. The number of aromatic nitrogens is 1. The second-order valence-corrected chi connectivity index (χ2v) is 7.64. The van der Waals surface area contributed by atoms with Crippen LogP contribution in [0.15, 0.2) is 66.7 Å². The van der Waals surface area contributed by atoms with Gasteiger partial charge < -0.3 is 0 Å². The van der Waals surface area contributed by atoms with Crippen LogP contribution in [0, 0.1) is 0 Å². The summed E-state index contributed by atoms with van der Waals surface area (Å²) in [5.74, 6) is 0. The Kier molecular flexibility index (Phi) is 7.84. The van der Waals surface area contributed by atoms with Gasteiger partial charge in [-0.25, -0.2) is 4.98 Å². The van der Waals surface area contributed by atoms with E-state index in [9.17, 15) is 0 Å². The van der Waals surface area contributed by atoms with E-state index in [1.807, 2.05) is 0 Å². The number of hydrogen-bond acceptors (Lipinski definition) is 1. The average Bonchev–Trinajstić information content (AvgIpc) is 2.75. The van der Waals surface area contributed by atoms with Crippen LogP contribution in [0.25, 0.3) is 22.5 Å². The smallest absolute Gasteiger partial charge is 0.0712 e. The van der Waals surface area contributed by atoms with Crippen molar-refractivity contribution in [2.24, 2.45) is 0 Å². The molecule has 0 fully saturated rings. The zero-order valence-corrected chi connectivity index (χ0v) is 17.5. The summed E-state index contributed by atoms with van der Waals surface area (Å²) in [7, 11) is 0. The maximum absolute atomic E-state index is 5.09. The van der Waals surface area contributed by atoms with Gasteiger partial charge in [-0.1, -0.05) is 94.1 Å². The molecule has 3 aromatic rings. The highest BCUT2D eigenvalue weighted by molar-refractivity contribution is 5.70. The number of pyridine rings is 1. The molecule has 0 N–H and O–H groups in total. The van der Waals surface area contributed by atoms with Gasteiger partial charge in [-0.2, -0.15) is 0 Å². The Hall–Kier alpha value is -2.41. The summed E-state index contributed by atoms with van der Waals surface area (Å²) < 4.78 is 0. The maximum Gasteiger partial charge on any atom is 0.0712 e. The SMILES string of the molecule is CCCCCc1ccccc1-c1cccc(-c2ccccc2CCCCC)n1. The summed E-state index contributed by atoms with van der Waals surface area (Å²) in [6.07, 6.45) is 9.82. The standard InChI is InChI=1S/C27H33N/c1-3-5-7-14-22-16-9-11-18-24(22)26-20-13-21-27(28-26)25-19-12-10-17-23(25)15-8-6-4-2/h9-13,16-21H,3-8,14-15H2,1-2H3. The lowest BCUT2D eigenvalue weighted by Gasteiger charge is -2.12. The first-order valence-corrected chi connectivity index (χ1v) is 11.0. The van der Waals surface area contributed by atoms with Crippen LogP contribution < -0.4 is 0 Å². The molecule has 2 aromatic carbocycles. The van der Waals surface area contributed by atoms with Crippen molar-refractivity contribution in [1.82, 2.24) is 4.98 Å². The Bertz CT molecular complexity index is 797. The molecule has 1 heteroatoms. The highest BCUT2D eigenvalue weighted by Crippen LogP contribution is 2.28. The number of unbranched alkanes of at least 4 members (excludes halogenated alkanes) is 4. The van der Waals surface area contributed by atoms with Crippen LogP contribution in [0.4, 0.5) is 0 Å². The maximum atomic E-state index is 5.09. The van der Waals surface area contributed by atoms with Crippen LogP contribution >= 0.6 is 0 Å². The Labute approximate surface area is 170 Å². The van der Waals surface area contributed by atoms with E-state index in [2.05, 4.69) is 80.6 Å². The summed E-state index contributed by atoms with van der Waals surface area (Å²) in [4.78, 5) is 5.09. The molecule has 1 aromatic heterocycles. The molecule has 0 aliphatic carbocycles. The van der Waals surface area contributed by atoms with Gasteiger partial charge in [-0.05, 0) is 48.9 Å². The summed E-state index contributed by atoms with van der Waals surface area (Å²) in [5.41, 5.74) is 7.57. The van der Waals surface area contributed by atoms with Crippen LogP contribution in [0.2, 0.25) is 0 Å². The average molecular weight is 372 g/mol. The summed E-state index contributed by atoms with van der Waals surface area (Å²) in [6.45, 7) is 4.52. The van der Waals surface area contributed by atoms with Crippen molar-refractivity contribution >= 4 is 0 Å². The van der Waals surface area contributed by atoms with E-state index in [-0.39, 0.29) is 0 Å². The number of aryl methyl sites for hydroxylation is 2. The lowest BCUT2D eigenvalue weighted by Crippen LogP contribution is -1.96. The molecule has 0 atom stereocenters. The first kappa shape index (κ1) is 20.3. The van der Waals surface area contributed by atoms with Crippen molar-refractivity contribution in [1.29, 1.82) is 0 Å². The third kappa shape index (κ3) is 5.32. The van der Waals surface area contributed by atoms with E-state index in [0.29, 0.717) is 0 Å². The van der Waals surface area contributed by atoms with E-state index in [0.717, 1.165) is 24.2 Å². The summed E-state index contributed by atoms with van der Waals surface area (Å²) in [5, 5.41) is 0. The minimum absolute atomic E-state index is 1.09. The Morgan fingerprint density at radius 3 is 1.46 bits per heavy atom. The molecule has 0 aliphatic heterocycles. The molecule has 0 radical (unpaired) electrons. The molecule has 0 aliphatic rings. The molecule has 0 saturated heterocycles. The largest absolute Gasteiger partial charge is 0.248 e. The molecule has 3 rings (SSSR count). The van der Waals surface area contributed by atoms with E-state index in [1.165, 1.54) is 60.8 Å². The van der Waals surface area contributed by atoms with Crippen molar-refractivity contribution in [2.45, 2.75) is 65.2 Å². The lowest BCUT2D eigenvalue weighted by atomic mass is 9.96. The van der Waals surface area contributed by atoms with Crippen LogP contribution in [0.1, 0.15) is 63.5 Å². The van der Waals surface area contributed by atoms with E-state index in [1.54, 1.807) is 0 Å². The topological polar surface area (TPSA) is 12.9 Å². The summed E-state index contributed by atoms with van der Waals surface area (Å²) >= 11 is 0. The fourth-order valence-electron chi connectivity index (χ4n) is 3.84. The van der Waals surface area contributed by atoms with Crippen LogP contribution in [0.5, 0.6) is 0 Å². The normalized spacial score (nSPS) is 10.9. The zero-order chi connectivity index (χ0) is 19.6. The fraction of sp³-hybridized carbons (Fsp3) is 0.370. The van der Waals surface area contributed by atoms with Crippen molar-refractivity contribution in [3.63, 3.8) is 0 Å². The number of rotatable bonds is 10. The van der Waals surface area contributed by atoms with E-state index >= 15 is 0 Å². The molecule has 1 heterocycles. The molecule has 0 unspecified atom stereocenters. The molecule has 0 amide bonds. The number of benzene rings is 2. The van der Waals surface area contributed by atoms with Crippen molar-refractivity contribution < 1.29 is 0 Å². The van der Waals surface area contributed by atoms with Gasteiger partial charge in [0.1, 0.15) is 0 Å². The van der Waals surface area contributed by atoms with Gasteiger partial charge in [-0.15, -0.1) is 0 Å². The van der Waals surface area contributed by atoms with E-state index in [4.69, 9.17) is 4.98 Å². The van der Waals surface area contributed by atoms with Gasteiger partial charge in [-0.3, -0.25) is 0 Å². The monoisotopic (exact) mass is 371 g/mol. The zero-order valence-electron chi connectivity index (χ0n) is 17.5. The second-order valence-electron chi connectivity index (χ2n) is 7.64. The van der Waals surface area contributed by atoms with Gasteiger partial charge in [0.05, 0.1) is 11.4 Å². The molecule has 0 bridgehead atoms. The van der Waals surface area contributed by atoms with Gasteiger partial charge in [0.25, 0.3) is 0 Å². The van der Waals surface area contributed by atoms with Gasteiger partial charge in [0.15, 0.2) is 0 Å². The Balaban J connectivity index is 1.90. The molecular formula is C27H33N. The quantitative estimate of drug-likeness (QED) is 0.330. The minimum atomic E-state index is 1.09. The molecule has 0 saturated carbocycles. The van der Waals surface area contributed by atoms with Crippen LogP contribution in [0.3, 0.4) is 0 Å². The Morgan fingerprint density at radius 2 is 1.00 bits per heavy atom. The molecule has 0 spiro atoms. The molecule has 1 nitrogen and oxygen atoms in total. The van der Waals surface area contributed by atoms with Gasteiger partial charge in [0.2, 0.25) is 0 Å². The first-order chi connectivity index (χ1) is 13.8. The highest BCUT2D eigenvalue weighted by Gasteiger charge is 2.10. The highest BCUT2D eigenvalue weighted by atomic mass is 14.7. The second kappa shape index (κ2) is 10.8. The van der Waals surface area contributed by atoms with Crippen LogP contribution in [-0.4, -0.2) is 4.98 Å². The van der Waals surface area contributed by atoms with Crippen molar-refractivity contribution in [3.8, 4) is 22.5 Å². The van der Waals surface area contributed by atoms with Gasteiger partial charge in [0, 0.05) is 11.1 Å². The molecule has 28 heavy (non-hydrogen) atoms. The third-order valence-corrected chi connectivity index (χ3v) is 5.44. The summed E-state index contributed by atoms with van der Waals surface area (Å²) in [6, 6.07) is 24.0. The van der Waals surface area contributed by atoms with Crippen molar-refractivity contribution in [2.75, 3.05) is 0 Å². The predicted octanol–water partition coefficient (Wildman–Crippen LogP) is 7.88.